The van der Waals surface area contributed by atoms with Crippen LogP contribution in [0.5, 0.6) is 11.5 Å². The predicted molar refractivity (Wildman–Crippen MR) is 89.4 cm³/mol. The van der Waals surface area contributed by atoms with E-state index in [9.17, 15) is 9.90 Å². The van der Waals surface area contributed by atoms with E-state index in [1.807, 2.05) is 13.8 Å². The van der Waals surface area contributed by atoms with Crippen LogP contribution in [0.4, 0.5) is 0 Å². The summed E-state index contributed by atoms with van der Waals surface area (Å²) >= 11 is 0. The van der Waals surface area contributed by atoms with Crippen molar-refractivity contribution in [2.75, 3.05) is 19.8 Å². The van der Waals surface area contributed by atoms with E-state index < -0.39 is 6.10 Å². The van der Waals surface area contributed by atoms with Crippen molar-refractivity contribution in [1.82, 2.24) is 5.32 Å². The molecule has 1 heterocycles. The van der Waals surface area contributed by atoms with Gasteiger partial charge >= 0.3 is 0 Å². The molecule has 0 aliphatic rings. The Labute approximate surface area is 141 Å². The summed E-state index contributed by atoms with van der Waals surface area (Å²) in [5.74, 6) is 1.26. The van der Waals surface area contributed by atoms with Crippen LogP contribution < -0.4 is 14.8 Å². The first-order chi connectivity index (χ1) is 11.7. The number of carbonyl (C=O) groups is 1. The van der Waals surface area contributed by atoms with Gasteiger partial charge in [-0.15, -0.1) is 0 Å². The fourth-order valence-electron chi connectivity index (χ4n) is 2.12. The van der Waals surface area contributed by atoms with Gasteiger partial charge in [-0.2, -0.15) is 0 Å². The topological polar surface area (TPSA) is 80.9 Å². The highest BCUT2D eigenvalue weighted by atomic mass is 16.5. The van der Waals surface area contributed by atoms with Gasteiger partial charge in [-0.25, -0.2) is 0 Å². The van der Waals surface area contributed by atoms with Crippen molar-refractivity contribution in [1.29, 1.82) is 0 Å². The molecule has 0 radical (unpaired) electrons. The normalized spacial score (nSPS) is 11.8. The second kappa shape index (κ2) is 8.98. The summed E-state index contributed by atoms with van der Waals surface area (Å²) in [6.07, 6.45) is 1.48. The first kappa shape index (κ1) is 17.9. The van der Waals surface area contributed by atoms with Crippen molar-refractivity contribution in [2.24, 2.45) is 0 Å². The standard InChI is InChI=1S/C18H23NO5/c1-3-9-23-16-8-7-13(11-17(16)22-4-2)18(21)19-12-14(20)15-6-5-10-24-15/h5-8,10-11,14,20H,3-4,9,12H2,1-2H3,(H,19,21). The highest BCUT2D eigenvalue weighted by Gasteiger charge is 2.15. The van der Waals surface area contributed by atoms with Crippen LogP contribution in [0.15, 0.2) is 41.0 Å². The van der Waals surface area contributed by atoms with Gasteiger partial charge in [0, 0.05) is 5.56 Å². The van der Waals surface area contributed by atoms with Gasteiger partial charge in [-0.05, 0) is 43.7 Å². The monoisotopic (exact) mass is 333 g/mol. The predicted octanol–water partition coefficient (Wildman–Crippen LogP) is 2.93. The molecule has 1 atom stereocenters. The van der Waals surface area contributed by atoms with E-state index in [4.69, 9.17) is 13.9 Å². The van der Waals surface area contributed by atoms with Crippen LogP contribution in [-0.2, 0) is 0 Å². The summed E-state index contributed by atoms with van der Waals surface area (Å²) in [4.78, 5) is 12.3. The van der Waals surface area contributed by atoms with Crippen LogP contribution >= 0.6 is 0 Å². The highest BCUT2D eigenvalue weighted by molar-refractivity contribution is 5.94. The third-order valence-electron chi connectivity index (χ3n) is 3.30. The Balaban J connectivity index is 2.01. The minimum absolute atomic E-state index is 0.0599. The van der Waals surface area contributed by atoms with Gasteiger partial charge < -0.3 is 24.3 Å². The fraction of sp³-hybridized carbons (Fsp3) is 0.389. The van der Waals surface area contributed by atoms with Crippen LogP contribution in [0.25, 0.3) is 0 Å². The molecule has 1 unspecified atom stereocenters. The highest BCUT2D eigenvalue weighted by Crippen LogP contribution is 2.28. The average Bonchev–Trinajstić information content (AvgIpc) is 3.13. The lowest BCUT2D eigenvalue weighted by Gasteiger charge is -2.14. The van der Waals surface area contributed by atoms with Crippen molar-refractivity contribution in [3.63, 3.8) is 0 Å². The number of hydrogen-bond acceptors (Lipinski definition) is 5. The molecule has 0 aliphatic heterocycles. The number of rotatable bonds is 9. The summed E-state index contributed by atoms with van der Waals surface area (Å²) in [5, 5.41) is 12.6. The molecule has 2 rings (SSSR count). The Bertz CT molecular complexity index is 639. The Morgan fingerprint density at radius 1 is 1.25 bits per heavy atom. The quantitative estimate of drug-likeness (QED) is 0.737. The summed E-state index contributed by atoms with van der Waals surface area (Å²) in [6.45, 7) is 5.01. The zero-order valence-electron chi connectivity index (χ0n) is 14.0. The zero-order chi connectivity index (χ0) is 17.4. The van der Waals surface area contributed by atoms with Gasteiger partial charge in [0.1, 0.15) is 11.9 Å². The van der Waals surface area contributed by atoms with Gasteiger partial charge in [0.15, 0.2) is 11.5 Å². The van der Waals surface area contributed by atoms with Gasteiger partial charge in [0.05, 0.1) is 26.0 Å². The Morgan fingerprint density at radius 3 is 2.75 bits per heavy atom. The molecule has 0 aliphatic carbocycles. The Kier molecular flexibility index (Phi) is 6.69. The summed E-state index contributed by atoms with van der Waals surface area (Å²) < 4.78 is 16.3. The van der Waals surface area contributed by atoms with E-state index in [2.05, 4.69) is 5.32 Å². The van der Waals surface area contributed by atoms with Crippen molar-refractivity contribution in [3.05, 3.63) is 47.9 Å². The zero-order valence-corrected chi connectivity index (χ0v) is 14.0. The minimum atomic E-state index is -0.887. The molecule has 130 valence electrons. The molecule has 0 saturated carbocycles. The number of carbonyl (C=O) groups excluding carboxylic acids is 1. The SMILES string of the molecule is CCCOc1ccc(C(=O)NCC(O)c2ccco2)cc1OCC. The number of aliphatic hydroxyl groups excluding tert-OH is 1. The largest absolute Gasteiger partial charge is 0.490 e. The van der Waals surface area contributed by atoms with Gasteiger partial charge in [-0.3, -0.25) is 4.79 Å². The third kappa shape index (κ3) is 4.76. The van der Waals surface area contributed by atoms with Crippen molar-refractivity contribution in [2.45, 2.75) is 26.4 Å². The van der Waals surface area contributed by atoms with E-state index in [1.54, 1.807) is 30.3 Å². The van der Waals surface area contributed by atoms with Crippen molar-refractivity contribution in [3.8, 4) is 11.5 Å². The minimum Gasteiger partial charge on any atom is -0.490 e. The molecule has 6 nitrogen and oxygen atoms in total. The summed E-state index contributed by atoms with van der Waals surface area (Å²) in [6, 6.07) is 8.37. The molecule has 24 heavy (non-hydrogen) atoms. The molecule has 1 aromatic carbocycles. The molecule has 6 heteroatoms. The number of furan rings is 1. The lowest BCUT2D eigenvalue weighted by atomic mass is 10.1. The molecule has 1 amide bonds. The number of hydrogen-bond donors (Lipinski definition) is 2. The van der Waals surface area contributed by atoms with E-state index in [0.29, 0.717) is 36.0 Å². The summed E-state index contributed by atoms with van der Waals surface area (Å²) in [5.41, 5.74) is 0.439. The molecule has 1 aromatic heterocycles. The van der Waals surface area contributed by atoms with Crippen LogP contribution in [0, 0.1) is 0 Å². The maximum absolute atomic E-state index is 12.3. The molecule has 0 spiro atoms. The number of amides is 1. The molecule has 2 aromatic rings. The Morgan fingerprint density at radius 2 is 2.08 bits per heavy atom. The molecule has 0 fully saturated rings. The first-order valence-corrected chi connectivity index (χ1v) is 8.05. The van der Waals surface area contributed by atoms with E-state index in [1.165, 1.54) is 6.26 Å². The van der Waals surface area contributed by atoms with Gasteiger partial charge in [0.2, 0.25) is 0 Å². The summed E-state index contributed by atoms with van der Waals surface area (Å²) in [7, 11) is 0. The van der Waals surface area contributed by atoms with Crippen molar-refractivity contribution < 1.29 is 23.8 Å². The molecule has 2 N–H and O–H groups in total. The van der Waals surface area contributed by atoms with E-state index >= 15 is 0 Å². The fourth-order valence-corrected chi connectivity index (χ4v) is 2.12. The maximum atomic E-state index is 12.3. The van der Waals surface area contributed by atoms with Crippen LogP contribution in [-0.4, -0.2) is 30.8 Å². The molecule has 0 bridgehead atoms. The number of ether oxygens (including phenoxy) is 2. The first-order valence-electron chi connectivity index (χ1n) is 8.05. The van der Waals surface area contributed by atoms with E-state index in [0.717, 1.165) is 6.42 Å². The van der Waals surface area contributed by atoms with Gasteiger partial charge in [-0.1, -0.05) is 6.92 Å². The number of aliphatic hydroxyl groups is 1. The van der Waals surface area contributed by atoms with Crippen LogP contribution in [0.3, 0.4) is 0 Å². The van der Waals surface area contributed by atoms with Gasteiger partial charge in [0.25, 0.3) is 5.91 Å². The smallest absolute Gasteiger partial charge is 0.251 e. The van der Waals surface area contributed by atoms with Crippen LogP contribution in [0.1, 0.15) is 42.5 Å². The molecule has 0 saturated heterocycles. The lowest BCUT2D eigenvalue weighted by Crippen LogP contribution is -2.28. The van der Waals surface area contributed by atoms with E-state index in [-0.39, 0.29) is 12.5 Å². The lowest BCUT2D eigenvalue weighted by molar-refractivity contribution is 0.0900. The molecular formula is C18H23NO5. The third-order valence-corrected chi connectivity index (χ3v) is 3.30. The second-order valence-corrected chi connectivity index (χ2v) is 5.18. The number of nitrogens with one attached hydrogen (secondary N) is 1. The van der Waals surface area contributed by atoms with Crippen LogP contribution in [0.2, 0.25) is 0 Å². The second-order valence-electron chi connectivity index (χ2n) is 5.18. The number of benzene rings is 1. The average molecular weight is 333 g/mol. The molecular weight excluding hydrogens is 310 g/mol. The Hall–Kier alpha value is -2.47. The maximum Gasteiger partial charge on any atom is 0.251 e. The van der Waals surface area contributed by atoms with Crippen molar-refractivity contribution >= 4 is 5.91 Å².